The molecule has 17 heavy (non-hydrogen) atoms. The van der Waals surface area contributed by atoms with Gasteiger partial charge in [0, 0.05) is 25.2 Å². The molecule has 0 atom stereocenters. The second-order valence-electron chi connectivity index (χ2n) is 3.68. The van der Waals surface area contributed by atoms with Crippen LogP contribution in [-0.4, -0.2) is 10.8 Å². The van der Waals surface area contributed by atoms with Crippen molar-refractivity contribution >= 4 is 17.4 Å². The summed E-state index contributed by atoms with van der Waals surface area (Å²) in [5, 5.41) is 0.516. The SMILES string of the molecule is CCc1occc1C(=O)Cc1ccncc1Cl. The smallest absolute Gasteiger partial charge is 0.170 e. The van der Waals surface area contributed by atoms with Crippen LogP contribution >= 0.6 is 11.6 Å². The van der Waals surface area contributed by atoms with Gasteiger partial charge in [0.15, 0.2) is 5.78 Å². The molecule has 0 N–H and O–H groups in total. The van der Waals surface area contributed by atoms with E-state index in [1.54, 1.807) is 30.8 Å². The molecule has 0 fully saturated rings. The first-order valence-corrected chi connectivity index (χ1v) is 5.78. The molecule has 0 saturated carbocycles. The highest BCUT2D eigenvalue weighted by Gasteiger charge is 2.14. The van der Waals surface area contributed by atoms with Gasteiger partial charge in [-0.3, -0.25) is 9.78 Å². The molecule has 0 unspecified atom stereocenters. The van der Waals surface area contributed by atoms with E-state index in [4.69, 9.17) is 16.0 Å². The zero-order chi connectivity index (χ0) is 12.3. The number of ketones is 1. The summed E-state index contributed by atoms with van der Waals surface area (Å²) in [5.74, 6) is 0.740. The molecule has 0 aliphatic carbocycles. The average Bonchev–Trinajstić information content (AvgIpc) is 2.80. The molecule has 0 saturated heterocycles. The lowest BCUT2D eigenvalue weighted by Gasteiger charge is -2.02. The van der Waals surface area contributed by atoms with Crippen molar-refractivity contribution in [3.8, 4) is 0 Å². The van der Waals surface area contributed by atoms with Gasteiger partial charge in [0.05, 0.1) is 16.8 Å². The topological polar surface area (TPSA) is 43.1 Å². The van der Waals surface area contributed by atoms with Crippen molar-refractivity contribution in [1.82, 2.24) is 4.98 Å². The van der Waals surface area contributed by atoms with Crippen LogP contribution in [-0.2, 0) is 12.8 Å². The largest absolute Gasteiger partial charge is 0.469 e. The molecule has 4 heteroatoms. The molecule has 0 aliphatic heterocycles. The predicted octanol–water partition coefficient (Wildman–Crippen LogP) is 3.32. The number of carbonyl (C=O) groups is 1. The summed E-state index contributed by atoms with van der Waals surface area (Å²) < 4.78 is 5.24. The molecule has 0 amide bonds. The van der Waals surface area contributed by atoms with Crippen LogP contribution in [0.5, 0.6) is 0 Å². The van der Waals surface area contributed by atoms with Gasteiger partial charge in [-0.25, -0.2) is 0 Å². The Morgan fingerprint density at radius 1 is 1.47 bits per heavy atom. The molecule has 2 rings (SSSR count). The van der Waals surface area contributed by atoms with Crippen molar-refractivity contribution in [1.29, 1.82) is 0 Å². The van der Waals surface area contributed by atoms with Gasteiger partial charge in [0.1, 0.15) is 5.76 Å². The van der Waals surface area contributed by atoms with Crippen LogP contribution < -0.4 is 0 Å². The monoisotopic (exact) mass is 249 g/mol. The standard InChI is InChI=1S/C13H12ClNO2/c1-2-13-10(4-6-17-13)12(16)7-9-3-5-15-8-11(9)14/h3-6,8H,2,7H2,1H3. The number of nitrogens with zero attached hydrogens (tertiary/aromatic N) is 1. The van der Waals surface area contributed by atoms with Crippen LogP contribution in [0, 0.1) is 0 Å². The number of Topliss-reactive ketones (excluding diaryl/α,β-unsaturated/α-hetero) is 1. The summed E-state index contributed by atoms with van der Waals surface area (Å²) in [5.41, 5.74) is 1.43. The van der Waals surface area contributed by atoms with E-state index in [0.717, 1.165) is 11.3 Å². The maximum atomic E-state index is 12.1. The molecule has 2 heterocycles. The molecule has 2 aromatic heterocycles. The molecule has 3 nitrogen and oxygen atoms in total. The molecule has 0 bridgehead atoms. The van der Waals surface area contributed by atoms with Crippen LogP contribution in [0.3, 0.4) is 0 Å². The van der Waals surface area contributed by atoms with E-state index in [2.05, 4.69) is 4.98 Å². The summed E-state index contributed by atoms with van der Waals surface area (Å²) in [6.07, 6.45) is 5.69. The Morgan fingerprint density at radius 3 is 3.00 bits per heavy atom. The molecule has 0 aromatic carbocycles. The molecule has 0 spiro atoms. The number of rotatable bonds is 4. The number of aromatic nitrogens is 1. The first-order valence-electron chi connectivity index (χ1n) is 5.40. The predicted molar refractivity (Wildman–Crippen MR) is 65.4 cm³/mol. The van der Waals surface area contributed by atoms with Crippen molar-refractivity contribution in [2.45, 2.75) is 19.8 Å². The Kier molecular flexibility index (Phi) is 3.59. The summed E-state index contributed by atoms with van der Waals surface area (Å²) in [6, 6.07) is 3.46. The lowest BCUT2D eigenvalue weighted by Crippen LogP contribution is -2.05. The van der Waals surface area contributed by atoms with Crippen LogP contribution in [0.2, 0.25) is 5.02 Å². The van der Waals surface area contributed by atoms with Crippen LogP contribution in [0.25, 0.3) is 0 Å². The minimum Gasteiger partial charge on any atom is -0.469 e. The quantitative estimate of drug-likeness (QED) is 0.781. The van der Waals surface area contributed by atoms with E-state index < -0.39 is 0 Å². The van der Waals surface area contributed by atoms with Crippen LogP contribution in [0.15, 0.2) is 35.2 Å². The van der Waals surface area contributed by atoms with E-state index in [1.165, 1.54) is 0 Å². The van der Waals surface area contributed by atoms with Crippen molar-refractivity contribution in [2.75, 3.05) is 0 Å². The highest BCUT2D eigenvalue weighted by Crippen LogP contribution is 2.18. The highest BCUT2D eigenvalue weighted by atomic mass is 35.5. The summed E-state index contributed by atoms with van der Waals surface area (Å²) in [6.45, 7) is 1.95. The van der Waals surface area contributed by atoms with Gasteiger partial charge >= 0.3 is 0 Å². The number of pyridine rings is 1. The third-order valence-electron chi connectivity index (χ3n) is 2.57. The fourth-order valence-electron chi connectivity index (χ4n) is 1.68. The lowest BCUT2D eigenvalue weighted by atomic mass is 10.0. The van der Waals surface area contributed by atoms with E-state index in [-0.39, 0.29) is 12.2 Å². The first-order chi connectivity index (χ1) is 8.22. The Hall–Kier alpha value is -1.61. The fraction of sp³-hybridized carbons (Fsp3) is 0.231. The molecular weight excluding hydrogens is 238 g/mol. The number of carbonyl (C=O) groups excluding carboxylic acids is 1. The first kappa shape index (κ1) is 11.9. The maximum Gasteiger partial charge on any atom is 0.170 e. The van der Waals surface area contributed by atoms with E-state index >= 15 is 0 Å². The number of halogens is 1. The van der Waals surface area contributed by atoms with Gasteiger partial charge in [-0.05, 0) is 17.7 Å². The highest BCUT2D eigenvalue weighted by molar-refractivity contribution is 6.31. The van der Waals surface area contributed by atoms with Gasteiger partial charge < -0.3 is 4.42 Å². The molecule has 88 valence electrons. The van der Waals surface area contributed by atoms with Crippen molar-refractivity contribution in [3.63, 3.8) is 0 Å². The Balaban J connectivity index is 2.20. The van der Waals surface area contributed by atoms with Crippen molar-refractivity contribution in [2.24, 2.45) is 0 Å². The second kappa shape index (κ2) is 5.15. The Bertz CT molecular complexity index is 534. The third kappa shape index (κ3) is 2.56. The average molecular weight is 250 g/mol. The second-order valence-corrected chi connectivity index (χ2v) is 4.09. The Morgan fingerprint density at radius 2 is 2.29 bits per heavy atom. The number of hydrogen-bond acceptors (Lipinski definition) is 3. The van der Waals surface area contributed by atoms with Crippen LogP contribution in [0.1, 0.15) is 28.6 Å². The van der Waals surface area contributed by atoms with Gasteiger partial charge in [-0.2, -0.15) is 0 Å². The fourth-order valence-corrected chi connectivity index (χ4v) is 1.86. The van der Waals surface area contributed by atoms with Crippen molar-refractivity contribution < 1.29 is 9.21 Å². The lowest BCUT2D eigenvalue weighted by molar-refractivity contribution is 0.0991. The zero-order valence-corrected chi connectivity index (χ0v) is 10.2. The zero-order valence-electron chi connectivity index (χ0n) is 9.44. The minimum atomic E-state index is 0.0173. The molecule has 0 radical (unpaired) electrons. The number of furan rings is 1. The van der Waals surface area contributed by atoms with E-state index in [1.807, 2.05) is 6.92 Å². The van der Waals surface area contributed by atoms with Gasteiger partial charge in [0.25, 0.3) is 0 Å². The summed E-state index contributed by atoms with van der Waals surface area (Å²) in [4.78, 5) is 16.0. The molecule has 0 aliphatic rings. The number of hydrogen-bond donors (Lipinski definition) is 0. The minimum absolute atomic E-state index is 0.0173. The maximum absolute atomic E-state index is 12.1. The van der Waals surface area contributed by atoms with E-state index in [9.17, 15) is 4.79 Å². The Labute approximate surface area is 104 Å². The van der Waals surface area contributed by atoms with Crippen LogP contribution in [0.4, 0.5) is 0 Å². The number of aryl methyl sites for hydroxylation is 1. The van der Waals surface area contributed by atoms with Crippen molar-refractivity contribution in [3.05, 3.63) is 52.7 Å². The van der Waals surface area contributed by atoms with Gasteiger partial charge in [-0.15, -0.1) is 0 Å². The normalized spacial score (nSPS) is 10.5. The van der Waals surface area contributed by atoms with E-state index in [0.29, 0.717) is 17.0 Å². The molecular formula is C13H12ClNO2. The summed E-state index contributed by atoms with van der Waals surface area (Å²) in [7, 11) is 0. The molecule has 2 aromatic rings. The van der Waals surface area contributed by atoms with Gasteiger partial charge in [0.2, 0.25) is 0 Å². The van der Waals surface area contributed by atoms with Gasteiger partial charge in [-0.1, -0.05) is 18.5 Å². The third-order valence-corrected chi connectivity index (χ3v) is 2.91. The summed E-state index contributed by atoms with van der Waals surface area (Å²) >= 11 is 5.97.